The minimum Gasteiger partial charge on any atom is -0.355 e. The zero-order valence-corrected chi connectivity index (χ0v) is 17.2. The van der Waals surface area contributed by atoms with Crippen LogP contribution in [0.15, 0.2) is 29.3 Å². The lowest BCUT2D eigenvalue weighted by Crippen LogP contribution is -2.47. The standard InChI is InChI=1S/C18H29FN4.HI/c1-14-7-9-23(10-8-14)15(2)12-21-18(20-3)22-13-16-5-4-6-17(19)11-16;/h4-6,11,14-15H,7-10,12-13H2,1-3H3,(H2,20,21,22);1H. The fourth-order valence-corrected chi connectivity index (χ4v) is 2.90. The Kier molecular flexibility index (Phi) is 9.58. The molecule has 1 unspecified atom stereocenters. The van der Waals surface area contributed by atoms with Crippen molar-refractivity contribution in [2.24, 2.45) is 10.9 Å². The monoisotopic (exact) mass is 448 g/mol. The van der Waals surface area contributed by atoms with Crippen molar-refractivity contribution in [3.8, 4) is 0 Å². The number of nitrogens with zero attached hydrogens (tertiary/aromatic N) is 2. The molecule has 136 valence electrons. The number of likely N-dealkylation sites (tertiary alicyclic amines) is 1. The van der Waals surface area contributed by atoms with Gasteiger partial charge in [-0.15, -0.1) is 24.0 Å². The Labute approximate surface area is 162 Å². The van der Waals surface area contributed by atoms with Crippen molar-refractivity contribution in [3.05, 3.63) is 35.6 Å². The number of halogens is 2. The Morgan fingerprint density at radius 1 is 1.33 bits per heavy atom. The molecule has 4 nitrogen and oxygen atoms in total. The summed E-state index contributed by atoms with van der Waals surface area (Å²) in [5.41, 5.74) is 0.908. The Hall–Kier alpha value is -0.890. The molecule has 1 aromatic carbocycles. The van der Waals surface area contributed by atoms with E-state index in [9.17, 15) is 4.39 Å². The first-order chi connectivity index (χ1) is 11.1. The molecule has 1 aliphatic rings. The van der Waals surface area contributed by atoms with Gasteiger partial charge in [-0.05, 0) is 56.5 Å². The Balaban J connectivity index is 0.00000288. The van der Waals surface area contributed by atoms with Crippen LogP contribution in [0.5, 0.6) is 0 Å². The molecule has 0 amide bonds. The van der Waals surface area contributed by atoms with Crippen molar-refractivity contribution in [2.45, 2.75) is 39.3 Å². The number of benzene rings is 1. The molecule has 0 bridgehead atoms. The van der Waals surface area contributed by atoms with Gasteiger partial charge in [0.1, 0.15) is 5.82 Å². The molecule has 1 aliphatic heterocycles. The maximum absolute atomic E-state index is 13.2. The second kappa shape index (κ2) is 10.9. The molecular formula is C18H30FIN4. The maximum Gasteiger partial charge on any atom is 0.191 e. The van der Waals surface area contributed by atoms with Gasteiger partial charge in [-0.2, -0.15) is 0 Å². The van der Waals surface area contributed by atoms with Crippen molar-refractivity contribution in [2.75, 3.05) is 26.7 Å². The predicted octanol–water partition coefficient (Wildman–Crippen LogP) is 3.23. The molecule has 0 spiro atoms. The summed E-state index contributed by atoms with van der Waals surface area (Å²) in [5.74, 6) is 1.40. The number of rotatable bonds is 5. The summed E-state index contributed by atoms with van der Waals surface area (Å²) in [6, 6.07) is 7.11. The van der Waals surface area contributed by atoms with Crippen LogP contribution in [-0.4, -0.2) is 43.6 Å². The van der Waals surface area contributed by atoms with Gasteiger partial charge in [-0.1, -0.05) is 19.1 Å². The number of aliphatic imine (C=N–C) groups is 1. The van der Waals surface area contributed by atoms with Gasteiger partial charge in [0.25, 0.3) is 0 Å². The second-order valence-electron chi connectivity index (χ2n) is 6.50. The number of guanidine groups is 1. The Morgan fingerprint density at radius 3 is 2.67 bits per heavy atom. The number of piperidine rings is 1. The van der Waals surface area contributed by atoms with Crippen molar-refractivity contribution in [3.63, 3.8) is 0 Å². The summed E-state index contributed by atoms with van der Waals surface area (Å²) in [6.45, 7) is 8.37. The molecular weight excluding hydrogens is 418 g/mol. The van der Waals surface area contributed by atoms with E-state index in [-0.39, 0.29) is 29.8 Å². The van der Waals surface area contributed by atoms with E-state index in [1.807, 2.05) is 6.07 Å². The molecule has 1 aromatic rings. The maximum atomic E-state index is 13.2. The van der Waals surface area contributed by atoms with Crippen molar-refractivity contribution >= 4 is 29.9 Å². The molecule has 1 heterocycles. The van der Waals surface area contributed by atoms with Gasteiger partial charge in [0.05, 0.1) is 0 Å². The first-order valence-corrected chi connectivity index (χ1v) is 8.51. The summed E-state index contributed by atoms with van der Waals surface area (Å²) in [6.07, 6.45) is 2.58. The lowest BCUT2D eigenvalue weighted by molar-refractivity contribution is 0.147. The molecule has 2 N–H and O–H groups in total. The third-order valence-electron chi connectivity index (χ3n) is 4.58. The highest BCUT2D eigenvalue weighted by Gasteiger charge is 2.20. The van der Waals surface area contributed by atoms with Gasteiger partial charge in [0.15, 0.2) is 5.96 Å². The summed E-state index contributed by atoms with van der Waals surface area (Å²) >= 11 is 0. The smallest absolute Gasteiger partial charge is 0.191 e. The van der Waals surface area contributed by atoms with E-state index in [2.05, 4.69) is 34.4 Å². The van der Waals surface area contributed by atoms with Crippen LogP contribution in [0, 0.1) is 11.7 Å². The zero-order chi connectivity index (χ0) is 16.7. The minimum absolute atomic E-state index is 0. The van der Waals surface area contributed by atoms with Gasteiger partial charge in [-0.3, -0.25) is 9.89 Å². The highest BCUT2D eigenvalue weighted by Crippen LogP contribution is 2.17. The lowest BCUT2D eigenvalue weighted by Gasteiger charge is -2.35. The quantitative estimate of drug-likeness (QED) is 0.413. The molecule has 2 rings (SSSR count). The number of hydrogen-bond acceptors (Lipinski definition) is 2. The minimum atomic E-state index is -0.208. The lowest BCUT2D eigenvalue weighted by atomic mass is 9.98. The molecule has 1 saturated heterocycles. The van der Waals surface area contributed by atoms with E-state index in [0.29, 0.717) is 12.6 Å². The van der Waals surface area contributed by atoms with E-state index in [1.54, 1.807) is 13.1 Å². The molecule has 0 aliphatic carbocycles. The van der Waals surface area contributed by atoms with Crippen LogP contribution in [0.1, 0.15) is 32.3 Å². The average molecular weight is 448 g/mol. The third kappa shape index (κ3) is 6.93. The molecule has 1 atom stereocenters. The number of hydrogen-bond donors (Lipinski definition) is 2. The van der Waals surface area contributed by atoms with Crippen LogP contribution in [0.25, 0.3) is 0 Å². The third-order valence-corrected chi connectivity index (χ3v) is 4.58. The van der Waals surface area contributed by atoms with E-state index >= 15 is 0 Å². The molecule has 0 aromatic heterocycles. The van der Waals surface area contributed by atoms with Gasteiger partial charge < -0.3 is 10.6 Å². The van der Waals surface area contributed by atoms with Gasteiger partial charge in [-0.25, -0.2) is 4.39 Å². The van der Waals surface area contributed by atoms with E-state index < -0.39 is 0 Å². The fraction of sp³-hybridized carbons (Fsp3) is 0.611. The largest absolute Gasteiger partial charge is 0.355 e. The first-order valence-electron chi connectivity index (χ1n) is 8.51. The summed E-state index contributed by atoms with van der Waals surface area (Å²) in [4.78, 5) is 6.77. The SMILES string of the molecule is CN=C(NCc1cccc(F)c1)NCC(C)N1CCC(C)CC1.I. The van der Waals surface area contributed by atoms with Gasteiger partial charge in [0, 0.05) is 26.2 Å². The van der Waals surface area contributed by atoms with Gasteiger partial charge >= 0.3 is 0 Å². The number of nitrogens with one attached hydrogen (secondary N) is 2. The molecule has 1 fully saturated rings. The fourth-order valence-electron chi connectivity index (χ4n) is 2.90. The Bertz CT molecular complexity index is 515. The zero-order valence-electron chi connectivity index (χ0n) is 14.9. The summed E-state index contributed by atoms with van der Waals surface area (Å²) in [5, 5.41) is 6.60. The highest BCUT2D eigenvalue weighted by atomic mass is 127. The molecule has 0 radical (unpaired) electrons. The topological polar surface area (TPSA) is 39.7 Å². The highest BCUT2D eigenvalue weighted by molar-refractivity contribution is 14.0. The van der Waals surface area contributed by atoms with E-state index in [4.69, 9.17) is 0 Å². The van der Waals surface area contributed by atoms with Crippen LogP contribution in [0.4, 0.5) is 4.39 Å². The normalized spacial score (nSPS) is 17.9. The van der Waals surface area contributed by atoms with E-state index in [0.717, 1.165) is 24.0 Å². The first kappa shape index (κ1) is 21.2. The average Bonchev–Trinajstić information content (AvgIpc) is 2.55. The summed E-state index contributed by atoms with van der Waals surface area (Å²) < 4.78 is 13.2. The van der Waals surface area contributed by atoms with Crippen molar-refractivity contribution in [1.29, 1.82) is 0 Å². The summed E-state index contributed by atoms with van der Waals surface area (Å²) in [7, 11) is 1.76. The van der Waals surface area contributed by atoms with Crippen molar-refractivity contribution < 1.29 is 4.39 Å². The van der Waals surface area contributed by atoms with Crippen LogP contribution in [-0.2, 0) is 6.54 Å². The Morgan fingerprint density at radius 2 is 2.04 bits per heavy atom. The molecule has 6 heteroatoms. The van der Waals surface area contributed by atoms with Crippen molar-refractivity contribution in [1.82, 2.24) is 15.5 Å². The predicted molar refractivity (Wildman–Crippen MR) is 109 cm³/mol. The van der Waals surface area contributed by atoms with E-state index in [1.165, 1.54) is 38.1 Å². The molecule has 24 heavy (non-hydrogen) atoms. The van der Waals surface area contributed by atoms with Crippen LogP contribution < -0.4 is 10.6 Å². The van der Waals surface area contributed by atoms with Gasteiger partial charge in [0.2, 0.25) is 0 Å². The van der Waals surface area contributed by atoms with Crippen LogP contribution in [0.2, 0.25) is 0 Å². The van der Waals surface area contributed by atoms with Crippen LogP contribution in [0.3, 0.4) is 0 Å². The second-order valence-corrected chi connectivity index (χ2v) is 6.50. The molecule has 0 saturated carbocycles. The van der Waals surface area contributed by atoms with Crippen LogP contribution >= 0.6 is 24.0 Å².